The molecule has 0 spiro atoms. The lowest BCUT2D eigenvalue weighted by Crippen LogP contribution is -2.42. The quantitative estimate of drug-likeness (QED) is 0.800. The van der Waals surface area contributed by atoms with Crippen molar-refractivity contribution in [3.05, 3.63) is 35.6 Å². The molecule has 1 N–H and O–H groups in total. The van der Waals surface area contributed by atoms with Crippen molar-refractivity contribution in [2.75, 3.05) is 12.3 Å². The van der Waals surface area contributed by atoms with Gasteiger partial charge in [0.05, 0.1) is 5.25 Å². The largest absolute Gasteiger partial charge is 0.350 e. The second-order valence-electron chi connectivity index (χ2n) is 6.53. The maximum atomic E-state index is 14.7. The molecular formula is C18H21F2N3OS2. The summed E-state index contributed by atoms with van der Waals surface area (Å²) in [6.07, 6.45) is -1.14. The van der Waals surface area contributed by atoms with Crippen LogP contribution in [0.2, 0.25) is 0 Å². The second kappa shape index (κ2) is 8.52. The summed E-state index contributed by atoms with van der Waals surface area (Å²) in [4.78, 5) is 21.6. The Labute approximate surface area is 160 Å². The number of nitrogens with zero attached hydrogens (tertiary/aromatic N) is 2. The Morgan fingerprint density at radius 2 is 2.04 bits per heavy atom. The van der Waals surface area contributed by atoms with E-state index >= 15 is 0 Å². The van der Waals surface area contributed by atoms with Crippen LogP contribution in [0.1, 0.15) is 19.4 Å². The molecule has 1 amide bonds. The van der Waals surface area contributed by atoms with Crippen LogP contribution >= 0.6 is 23.5 Å². The van der Waals surface area contributed by atoms with Gasteiger partial charge in [-0.1, -0.05) is 37.7 Å². The standard InChI is InChI=1S/C18H21F2N3OS2/c1-10(2)13(20)15-14(23-18(26-15)17-21-7-8-25-17)16(24)22-9-11-3-5-12(19)6-4-11/h3-6,10,13-15H,7-9H2,1-2H3,(H,22,24). The summed E-state index contributed by atoms with van der Waals surface area (Å²) >= 11 is 2.91. The number of alkyl halides is 1. The zero-order valence-corrected chi connectivity index (χ0v) is 16.2. The molecular weight excluding hydrogens is 376 g/mol. The van der Waals surface area contributed by atoms with Crippen LogP contribution in [0.3, 0.4) is 0 Å². The van der Waals surface area contributed by atoms with Crippen LogP contribution in [0.25, 0.3) is 0 Å². The normalized spacial score (nSPS) is 23.7. The monoisotopic (exact) mass is 397 g/mol. The van der Waals surface area contributed by atoms with Gasteiger partial charge in [-0.15, -0.1) is 11.8 Å². The van der Waals surface area contributed by atoms with E-state index in [4.69, 9.17) is 0 Å². The van der Waals surface area contributed by atoms with E-state index in [0.717, 1.165) is 22.9 Å². The molecule has 0 radical (unpaired) electrons. The molecule has 3 unspecified atom stereocenters. The minimum Gasteiger partial charge on any atom is -0.350 e. The third-order valence-corrected chi connectivity index (χ3v) is 6.61. The lowest BCUT2D eigenvalue weighted by molar-refractivity contribution is -0.122. The maximum Gasteiger partial charge on any atom is 0.246 e. The molecule has 2 aliphatic rings. The maximum absolute atomic E-state index is 14.7. The van der Waals surface area contributed by atoms with Gasteiger partial charge in [0.15, 0.2) is 0 Å². The van der Waals surface area contributed by atoms with Crippen molar-refractivity contribution in [1.82, 2.24) is 5.32 Å². The van der Waals surface area contributed by atoms with Crippen LogP contribution in [0.4, 0.5) is 8.78 Å². The second-order valence-corrected chi connectivity index (χ2v) is 8.78. The number of hydrogen-bond donors (Lipinski definition) is 1. The van der Waals surface area contributed by atoms with Crippen LogP contribution in [0.5, 0.6) is 0 Å². The van der Waals surface area contributed by atoms with E-state index in [0.29, 0.717) is 5.04 Å². The van der Waals surface area contributed by atoms with Crippen LogP contribution in [0, 0.1) is 11.7 Å². The third kappa shape index (κ3) is 4.46. The van der Waals surface area contributed by atoms with Crippen molar-refractivity contribution in [3.8, 4) is 0 Å². The number of aliphatic imine (C=N–C) groups is 2. The summed E-state index contributed by atoms with van der Waals surface area (Å²) in [5.74, 6) is 0.0551. The van der Waals surface area contributed by atoms with E-state index in [1.807, 2.05) is 0 Å². The molecule has 3 atom stereocenters. The molecule has 3 rings (SSSR count). The van der Waals surface area contributed by atoms with Gasteiger partial charge in [0, 0.05) is 18.8 Å². The molecule has 0 aromatic heterocycles. The van der Waals surface area contributed by atoms with Crippen LogP contribution in [-0.2, 0) is 11.3 Å². The Morgan fingerprint density at radius 3 is 2.65 bits per heavy atom. The fraction of sp³-hybridized carbons (Fsp3) is 0.500. The first-order valence-corrected chi connectivity index (χ1v) is 10.4. The topological polar surface area (TPSA) is 53.8 Å². The molecule has 1 aromatic rings. The van der Waals surface area contributed by atoms with E-state index in [-0.39, 0.29) is 24.2 Å². The van der Waals surface area contributed by atoms with Crippen LogP contribution in [0.15, 0.2) is 34.3 Å². The van der Waals surface area contributed by atoms with Gasteiger partial charge in [0.25, 0.3) is 0 Å². The average Bonchev–Trinajstić information content (AvgIpc) is 3.29. The van der Waals surface area contributed by atoms with Gasteiger partial charge >= 0.3 is 0 Å². The highest BCUT2D eigenvalue weighted by atomic mass is 32.2. The van der Waals surface area contributed by atoms with Crippen LogP contribution in [-0.4, -0.2) is 45.8 Å². The number of benzene rings is 1. The molecule has 0 saturated heterocycles. The fourth-order valence-corrected chi connectivity index (χ4v) is 5.13. The first kappa shape index (κ1) is 19.4. The summed E-state index contributed by atoms with van der Waals surface area (Å²) in [7, 11) is 0. The summed E-state index contributed by atoms with van der Waals surface area (Å²) < 4.78 is 27.7. The highest BCUT2D eigenvalue weighted by Gasteiger charge is 2.43. The zero-order valence-electron chi connectivity index (χ0n) is 14.6. The van der Waals surface area contributed by atoms with E-state index in [9.17, 15) is 13.6 Å². The highest BCUT2D eigenvalue weighted by Crippen LogP contribution is 2.36. The number of nitrogens with one attached hydrogen (secondary N) is 1. The lowest BCUT2D eigenvalue weighted by atomic mass is 10.00. The smallest absolute Gasteiger partial charge is 0.246 e. The fourth-order valence-electron chi connectivity index (χ4n) is 2.72. The van der Waals surface area contributed by atoms with Crippen molar-refractivity contribution < 1.29 is 13.6 Å². The first-order chi connectivity index (χ1) is 12.5. The minimum atomic E-state index is -1.14. The molecule has 0 fully saturated rings. The number of hydrogen-bond acceptors (Lipinski definition) is 5. The molecule has 1 aromatic carbocycles. The van der Waals surface area contributed by atoms with Gasteiger partial charge in [-0.3, -0.25) is 14.8 Å². The predicted molar refractivity (Wildman–Crippen MR) is 105 cm³/mol. The number of halogens is 2. The van der Waals surface area contributed by atoms with Gasteiger partial charge in [-0.2, -0.15) is 0 Å². The summed E-state index contributed by atoms with van der Waals surface area (Å²) in [6.45, 7) is 4.60. The van der Waals surface area contributed by atoms with E-state index in [1.165, 1.54) is 23.9 Å². The molecule has 0 aliphatic carbocycles. The number of carbonyl (C=O) groups is 1. The third-order valence-electron chi connectivity index (χ3n) is 4.18. The van der Waals surface area contributed by atoms with Crippen molar-refractivity contribution in [3.63, 3.8) is 0 Å². The Balaban J connectivity index is 1.71. The molecule has 0 saturated carbocycles. The summed E-state index contributed by atoms with van der Waals surface area (Å²) in [6, 6.07) is 5.13. The predicted octanol–water partition coefficient (Wildman–Crippen LogP) is 3.46. The molecule has 2 aliphatic heterocycles. The van der Waals surface area contributed by atoms with E-state index in [1.54, 1.807) is 37.7 Å². The Morgan fingerprint density at radius 1 is 1.31 bits per heavy atom. The van der Waals surface area contributed by atoms with Gasteiger partial charge < -0.3 is 5.32 Å². The minimum absolute atomic E-state index is 0.201. The van der Waals surface area contributed by atoms with Gasteiger partial charge in [0.2, 0.25) is 5.91 Å². The molecule has 8 heteroatoms. The highest BCUT2D eigenvalue weighted by molar-refractivity contribution is 8.25. The number of rotatable bonds is 6. The SMILES string of the molecule is CC(C)C(F)C1SC(C2=NCCS2)=NC1C(=O)NCc1ccc(F)cc1. The lowest BCUT2D eigenvalue weighted by Gasteiger charge is -2.23. The molecule has 2 heterocycles. The van der Waals surface area contributed by atoms with Crippen molar-refractivity contribution in [2.45, 2.75) is 37.9 Å². The summed E-state index contributed by atoms with van der Waals surface area (Å²) in [5, 5.41) is 3.73. The molecule has 4 nitrogen and oxygen atoms in total. The van der Waals surface area contributed by atoms with Crippen LogP contribution < -0.4 is 5.32 Å². The van der Waals surface area contributed by atoms with Gasteiger partial charge in [-0.25, -0.2) is 8.78 Å². The average molecular weight is 398 g/mol. The van der Waals surface area contributed by atoms with E-state index < -0.39 is 17.5 Å². The van der Waals surface area contributed by atoms with Crippen molar-refractivity contribution in [1.29, 1.82) is 0 Å². The first-order valence-electron chi connectivity index (χ1n) is 8.54. The number of carbonyl (C=O) groups excluding carboxylic acids is 1. The Hall–Kier alpha value is -1.41. The number of thioether (sulfide) groups is 2. The molecule has 0 bridgehead atoms. The molecule has 140 valence electrons. The van der Waals surface area contributed by atoms with Gasteiger partial charge in [-0.05, 0) is 23.6 Å². The van der Waals surface area contributed by atoms with Crippen molar-refractivity contribution in [2.24, 2.45) is 15.9 Å². The summed E-state index contributed by atoms with van der Waals surface area (Å²) in [5.41, 5.74) is 0.780. The Kier molecular flexibility index (Phi) is 6.34. The molecule has 26 heavy (non-hydrogen) atoms. The van der Waals surface area contributed by atoms with Crippen molar-refractivity contribution >= 4 is 39.5 Å². The number of amides is 1. The zero-order chi connectivity index (χ0) is 18.7. The van der Waals surface area contributed by atoms with Gasteiger partial charge in [0.1, 0.15) is 28.1 Å². The Bertz CT molecular complexity index is 722. The van der Waals surface area contributed by atoms with E-state index in [2.05, 4.69) is 15.3 Å².